The van der Waals surface area contributed by atoms with Gasteiger partial charge < -0.3 is 10.1 Å². The second kappa shape index (κ2) is 10.6. The maximum atomic E-state index is 12.8. The molecule has 1 saturated heterocycles. The molecule has 0 unspecified atom stereocenters. The van der Waals surface area contributed by atoms with E-state index in [1.165, 1.54) is 0 Å². The molecule has 2 heterocycles. The molecule has 3 rings (SSSR count). The number of rotatable bonds is 7. The second-order valence-electron chi connectivity index (χ2n) is 9.26. The first-order valence-electron chi connectivity index (χ1n) is 11.1. The molecule has 2 atom stereocenters. The van der Waals surface area contributed by atoms with Gasteiger partial charge in [0.1, 0.15) is 5.75 Å². The van der Waals surface area contributed by atoms with Crippen molar-refractivity contribution < 1.29 is 9.53 Å². The lowest BCUT2D eigenvalue weighted by molar-refractivity contribution is -0.129. The highest BCUT2D eigenvalue weighted by atomic mass is 16.5. The molecule has 1 fully saturated rings. The summed E-state index contributed by atoms with van der Waals surface area (Å²) in [6, 6.07) is 13.9. The molecule has 0 aliphatic carbocycles. The Morgan fingerprint density at radius 2 is 2.03 bits per heavy atom. The molecule has 0 bridgehead atoms. The number of likely N-dealkylation sites (tertiary alicyclic amines) is 1. The Kier molecular flexibility index (Phi) is 7.85. The van der Waals surface area contributed by atoms with Crippen molar-refractivity contribution in [3.8, 4) is 5.75 Å². The van der Waals surface area contributed by atoms with E-state index in [1.54, 1.807) is 7.11 Å². The molecule has 0 saturated carbocycles. The number of methoxy groups -OCH3 is 1. The summed E-state index contributed by atoms with van der Waals surface area (Å²) < 4.78 is 5.44. The van der Waals surface area contributed by atoms with Gasteiger partial charge in [0.25, 0.3) is 0 Å². The summed E-state index contributed by atoms with van der Waals surface area (Å²) in [7, 11) is 1.70. The predicted octanol–water partition coefficient (Wildman–Crippen LogP) is 4.72. The van der Waals surface area contributed by atoms with Gasteiger partial charge in [0.2, 0.25) is 5.91 Å². The Morgan fingerprint density at radius 3 is 2.74 bits per heavy atom. The Balaban J connectivity index is 1.69. The summed E-state index contributed by atoms with van der Waals surface area (Å²) in [6.07, 6.45) is 8.33. The van der Waals surface area contributed by atoms with Crippen LogP contribution in [0.4, 0.5) is 0 Å². The van der Waals surface area contributed by atoms with E-state index in [9.17, 15) is 4.79 Å². The predicted molar refractivity (Wildman–Crippen MR) is 126 cm³/mol. The zero-order valence-corrected chi connectivity index (χ0v) is 19.2. The van der Waals surface area contributed by atoms with E-state index in [1.807, 2.05) is 63.4 Å². The van der Waals surface area contributed by atoms with Gasteiger partial charge in [-0.05, 0) is 43.5 Å². The molecule has 5 heteroatoms. The van der Waals surface area contributed by atoms with Crippen molar-refractivity contribution in [3.63, 3.8) is 0 Å². The van der Waals surface area contributed by atoms with Gasteiger partial charge in [-0.2, -0.15) is 0 Å². The van der Waals surface area contributed by atoms with Gasteiger partial charge >= 0.3 is 0 Å². The van der Waals surface area contributed by atoms with Gasteiger partial charge in [-0.25, -0.2) is 0 Å². The number of pyridine rings is 1. The van der Waals surface area contributed by atoms with Crippen LogP contribution in [0, 0.1) is 11.3 Å². The van der Waals surface area contributed by atoms with Crippen molar-refractivity contribution >= 4 is 12.0 Å². The van der Waals surface area contributed by atoms with Gasteiger partial charge in [-0.1, -0.05) is 57.2 Å². The van der Waals surface area contributed by atoms with Gasteiger partial charge in [0, 0.05) is 30.3 Å². The fourth-order valence-corrected chi connectivity index (χ4v) is 4.01. The third-order valence-electron chi connectivity index (χ3n) is 5.79. The Bertz CT molecular complexity index is 874. The number of hydrogen-bond donors (Lipinski definition) is 1. The SMILES string of the molecule is COc1ccccc1/C=C/CN1CCC[C@@H]([C@H](NC(=O)C(C)(C)C)c2ccccn2)C1. The standard InChI is InChI=1S/C26H35N3O2/c1-26(2,3)25(30)28-24(22-14-7-8-16-27-22)21-13-10-18-29(19-21)17-9-12-20-11-5-6-15-23(20)31-4/h5-9,11-12,14-16,21,24H,10,13,17-19H2,1-4H3,(H,28,30)/b12-9+/t21-,24+/m1/s1. The third kappa shape index (κ3) is 6.41. The first-order chi connectivity index (χ1) is 14.9. The van der Waals surface area contributed by atoms with E-state index < -0.39 is 5.41 Å². The molecule has 0 radical (unpaired) electrons. The third-order valence-corrected chi connectivity index (χ3v) is 5.79. The van der Waals surface area contributed by atoms with Crippen LogP contribution >= 0.6 is 0 Å². The molecule has 1 N–H and O–H groups in total. The average Bonchev–Trinajstić information content (AvgIpc) is 2.77. The minimum absolute atomic E-state index is 0.0661. The van der Waals surface area contributed by atoms with E-state index in [-0.39, 0.29) is 11.9 Å². The lowest BCUT2D eigenvalue weighted by atomic mass is 9.86. The summed E-state index contributed by atoms with van der Waals surface area (Å²) >= 11 is 0. The molecular weight excluding hydrogens is 386 g/mol. The molecule has 1 aromatic heterocycles. The zero-order valence-electron chi connectivity index (χ0n) is 19.2. The molecule has 31 heavy (non-hydrogen) atoms. The fraction of sp³-hybridized carbons (Fsp3) is 0.462. The Labute approximate surface area is 186 Å². The molecule has 166 valence electrons. The summed E-state index contributed by atoms with van der Waals surface area (Å²) in [6.45, 7) is 8.72. The van der Waals surface area contributed by atoms with Crippen molar-refractivity contribution in [3.05, 3.63) is 66.0 Å². The van der Waals surface area contributed by atoms with Crippen LogP contribution in [0.25, 0.3) is 6.08 Å². The molecular formula is C26H35N3O2. The van der Waals surface area contributed by atoms with Crippen LogP contribution in [0.1, 0.15) is 50.9 Å². The lowest BCUT2D eigenvalue weighted by Gasteiger charge is -2.37. The number of para-hydroxylation sites is 1. The number of ether oxygens (including phenoxy) is 1. The number of hydrogen-bond acceptors (Lipinski definition) is 4. The number of carbonyl (C=O) groups excluding carboxylic acids is 1. The van der Waals surface area contributed by atoms with E-state index in [0.29, 0.717) is 5.92 Å². The van der Waals surface area contributed by atoms with Crippen LogP contribution in [-0.4, -0.2) is 42.5 Å². The van der Waals surface area contributed by atoms with Crippen molar-refractivity contribution in [2.75, 3.05) is 26.7 Å². The van der Waals surface area contributed by atoms with E-state index >= 15 is 0 Å². The first-order valence-corrected chi connectivity index (χ1v) is 11.1. The molecule has 1 aliphatic rings. The number of nitrogens with one attached hydrogen (secondary N) is 1. The second-order valence-corrected chi connectivity index (χ2v) is 9.26. The van der Waals surface area contributed by atoms with Gasteiger partial charge in [-0.15, -0.1) is 0 Å². The minimum Gasteiger partial charge on any atom is -0.496 e. The number of aromatic nitrogens is 1. The summed E-state index contributed by atoms with van der Waals surface area (Å²) in [5, 5.41) is 3.30. The minimum atomic E-state index is -0.432. The van der Waals surface area contributed by atoms with Crippen molar-refractivity contribution in [1.29, 1.82) is 0 Å². The van der Waals surface area contributed by atoms with Crippen LogP contribution in [0.2, 0.25) is 0 Å². The Morgan fingerprint density at radius 1 is 1.26 bits per heavy atom. The highest BCUT2D eigenvalue weighted by Gasteiger charge is 2.32. The number of nitrogens with zero attached hydrogens (tertiary/aromatic N) is 2. The van der Waals surface area contributed by atoms with E-state index in [4.69, 9.17) is 4.74 Å². The van der Waals surface area contributed by atoms with Gasteiger partial charge in [0.15, 0.2) is 0 Å². The van der Waals surface area contributed by atoms with Crippen LogP contribution in [0.5, 0.6) is 5.75 Å². The van der Waals surface area contributed by atoms with Crippen LogP contribution in [0.15, 0.2) is 54.7 Å². The smallest absolute Gasteiger partial charge is 0.225 e. The quantitative estimate of drug-likeness (QED) is 0.703. The molecule has 2 aromatic rings. The average molecular weight is 422 g/mol. The maximum absolute atomic E-state index is 12.8. The number of carbonyl (C=O) groups is 1. The van der Waals surface area contributed by atoms with Crippen molar-refractivity contribution in [2.24, 2.45) is 11.3 Å². The molecule has 1 aromatic carbocycles. The van der Waals surface area contributed by atoms with Gasteiger partial charge in [-0.3, -0.25) is 14.7 Å². The monoisotopic (exact) mass is 421 g/mol. The molecule has 5 nitrogen and oxygen atoms in total. The highest BCUT2D eigenvalue weighted by Crippen LogP contribution is 2.30. The van der Waals surface area contributed by atoms with Crippen LogP contribution in [0.3, 0.4) is 0 Å². The van der Waals surface area contributed by atoms with Gasteiger partial charge in [0.05, 0.1) is 18.8 Å². The number of amides is 1. The maximum Gasteiger partial charge on any atom is 0.225 e. The van der Waals surface area contributed by atoms with E-state index in [0.717, 1.165) is 49.5 Å². The number of piperidine rings is 1. The van der Waals surface area contributed by atoms with Crippen molar-refractivity contribution in [2.45, 2.75) is 39.7 Å². The highest BCUT2D eigenvalue weighted by molar-refractivity contribution is 5.81. The lowest BCUT2D eigenvalue weighted by Crippen LogP contribution is -2.45. The Hall–Kier alpha value is -2.66. The topological polar surface area (TPSA) is 54.5 Å². The molecule has 0 spiro atoms. The van der Waals surface area contributed by atoms with E-state index in [2.05, 4.69) is 33.4 Å². The number of benzene rings is 1. The fourth-order valence-electron chi connectivity index (χ4n) is 4.01. The molecule has 1 aliphatic heterocycles. The van der Waals surface area contributed by atoms with Crippen LogP contribution < -0.4 is 10.1 Å². The zero-order chi connectivity index (χ0) is 22.3. The normalized spacial score (nSPS) is 18.6. The van der Waals surface area contributed by atoms with Crippen molar-refractivity contribution in [1.82, 2.24) is 15.2 Å². The van der Waals surface area contributed by atoms with Crippen LogP contribution in [-0.2, 0) is 4.79 Å². The first kappa shape index (κ1) is 23.0. The summed E-state index contributed by atoms with van der Waals surface area (Å²) in [5.41, 5.74) is 1.60. The summed E-state index contributed by atoms with van der Waals surface area (Å²) in [5.74, 6) is 1.28. The largest absolute Gasteiger partial charge is 0.496 e. The summed E-state index contributed by atoms with van der Waals surface area (Å²) in [4.78, 5) is 19.8. The molecule has 1 amide bonds.